The molecule has 0 aromatic heterocycles. The van der Waals surface area contributed by atoms with Crippen LogP contribution < -0.4 is 5.32 Å². The van der Waals surface area contributed by atoms with E-state index in [1.165, 1.54) is 385 Å². The summed E-state index contributed by atoms with van der Waals surface area (Å²) in [5, 5.41) is 23.5. The molecule has 3 N–H and O–H groups in total. The number of unbranched alkanes of at least 4 members (excludes halogenated alkanes) is 61. The highest BCUT2D eigenvalue weighted by Crippen LogP contribution is 2.20. The van der Waals surface area contributed by atoms with E-state index in [4.69, 9.17) is 0 Å². The minimum Gasteiger partial charge on any atom is -0.394 e. The van der Waals surface area contributed by atoms with E-state index in [0.717, 1.165) is 25.7 Å². The first kappa shape index (κ1) is 77.1. The second-order valence-electron chi connectivity index (χ2n) is 25.7. The standard InChI is InChI=1S/C74H147NO3/c1-3-5-7-9-11-13-15-17-19-21-23-25-27-29-31-33-35-36-37-38-40-42-44-46-48-50-52-54-56-58-60-62-64-66-68-70-74(78)75-72(71-76)73(77)69-67-65-63-61-59-57-55-53-51-49-47-45-43-41-39-34-32-30-28-26-24-22-20-18-16-14-12-10-8-6-4-2/h21,23,72-73,76-77H,3-20,22,24-71H2,1-2H3,(H,75,78)/b23-21-. The smallest absolute Gasteiger partial charge is 0.220 e. The fraction of sp³-hybridized carbons (Fsp3) is 0.959. The molecule has 0 heterocycles. The molecule has 2 atom stereocenters. The third-order valence-electron chi connectivity index (χ3n) is 17.8. The van der Waals surface area contributed by atoms with Gasteiger partial charge in [-0.1, -0.05) is 405 Å². The first-order valence-corrected chi connectivity index (χ1v) is 36.9. The molecule has 2 unspecified atom stereocenters. The number of nitrogens with one attached hydrogen (secondary N) is 1. The molecule has 0 bridgehead atoms. The van der Waals surface area contributed by atoms with E-state index in [1.54, 1.807) is 0 Å². The number of hydrogen-bond acceptors (Lipinski definition) is 3. The van der Waals surface area contributed by atoms with Gasteiger partial charge in [-0.3, -0.25) is 4.79 Å². The number of carbonyl (C=O) groups excluding carboxylic acids is 1. The van der Waals surface area contributed by atoms with Crippen LogP contribution in [-0.2, 0) is 4.79 Å². The van der Waals surface area contributed by atoms with Gasteiger partial charge in [0.05, 0.1) is 18.8 Å². The third kappa shape index (κ3) is 65.9. The second-order valence-corrected chi connectivity index (χ2v) is 25.7. The summed E-state index contributed by atoms with van der Waals surface area (Å²) in [5.41, 5.74) is 0. The fourth-order valence-corrected chi connectivity index (χ4v) is 12.2. The largest absolute Gasteiger partial charge is 0.394 e. The molecular formula is C74H147NO3. The van der Waals surface area contributed by atoms with Crippen molar-refractivity contribution in [1.29, 1.82) is 0 Å². The Bertz CT molecular complexity index is 1110. The summed E-state index contributed by atoms with van der Waals surface area (Å²) in [5.74, 6) is -0.0198. The average Bonchev–Trinajstić information content (AvgIpc) is 3.44. The van der Waals surface area contributed by atoms with Crippen molar-refractivity contribution in [1.82, 2.24) is 5.32 Å². The van der Waals surface area contributed by atoms with Crippen molar-refractivity contribution in [2.45, 2.75) is 450 Å². The zero-order chi connectivity index (χ0) is 56.2. The number of hydrogen-bond donors (Lipinski definition) is 3. The van der Waals surface area contributed by atoms with Gasteiger partial charge in [0.2, 0.25) is 5.91 Å². The summed E-state index contributed by atoms with van der Waals surface area (Å²) in [7, 11) is 0. The van der Waals surface area contributed by atoms with Crippen molar-refractivity contribution < 1.29 is 15.0 Å². The zero-order valence-electron chi connectivity index (χ0n) is 54.0. The maximum Gasteiger partial charge on any atom is 0.220 e. The number of aliphatic hydroxyl groups is 2. The molecule has 0 aliphatic heterocycles. The molecule has 0 saturated heterocycles. The Morgan fingerprint density at radius 2 is 0.487 bits per heavy atom. The van der Waals surface area contributed by atoms with Crippen LogP contribution in [0.25, 0.3) is 0 Å². The first-order chi connectivity index (χ1) is 38.7. The Morgan fingerprint density at radius 1 is 0.295 bits per heavy atom. The quantitative estimate of drug-likeness (QED) is 0.0420. The van der Waals surface area contributed by atoms with E-state index in [1.807, 2.05) is 0 Å². The molecule has 0 fully saturated rings. The Morgan fingerprint density at radius 3 is 0.705 bits per heavy atom. The van der Waals surface area contributed by atoms with Crippen LogP contribution in [0.5, 0.6) is 0 Å². The van der Waals surface area contributed by atoms with Gasteiger partial charge in [0.25, 0.3) is 0 Å². The highest BCUT2D eigenvalue weighted by atomic mass is 16.3. The highest BCUT2D eigenvalue weighted by Gasteiger charge is 2.20. The fourth-order valence-electron chi connectivity index (χ4n) is 12.2. The van der Waals surface area contributed by atoms with Gasteiger partial charge in [-0.15, -0.1) is 0 Å². The Kier molecular flexibility index (Phi) is 69.6. The SMILES string of the molecule is CCCCCCCCCC/C=C\CCCCCCCCCCCCCCCCCCCCCCCCCC(=O)NC(CO)C(O)CCCCCCCCCCCCCCCCCCCCCCCCCCCCCCCCC. The molecule has 0 saturated carbocycles. The summed E-state index contributed by atoms with van der Waals surface area (Å²) in [4.78, 5) is 12.6. The lowest BCUT2D eigenvalue weighted by molar-refractivity contribution is -0.123. The molecule has 0 spiro atoms. The van der Waals surface area contributed by atoms with E-state index >= 15 is 0 Å². The summed E-state index contributed by atoms with van der Waals surface area (Å²) in [6.07, 6.45) is 94.4. The van der Waals surface area contributed by atoms with Crippen LogP contribution in [0.3, 0.4) is 0 Å². The molecular weight excluding hydrogens is 951 g/mol. The maximum absolute atomic E-state index is 12.6. The molecule has 0 aliphatic carbocycles. The third-order valence-corrected chi connectivity index (χ3v) is 17.8. The summed E-state index contributed by atoms with van der Waals surface area (Å²) in [6.45, 7) is 4.42. The van der Waals surface area contributed by atoms with E-state index in [0.29, 0.717) is 12.8 Å². The van der Waals surface area contributed by atoms with Gasteiger partial charge in [-0.05, 0) is 38.5 Å². The number of allylic oxidation sites excluding steroid dienone is 2. The van der Waals surface area contributed by atoms with Gasteiger partial charge in [0, 0.05) is 6.42 Å². The normalized spacial score (nSPS) is 12.6. The lowest BCUT2D eigenvalue weighted by atomic mass is 10.0. The molecule has 0 rings (SSSR count). The summed E-state index contributed by atoms with van der Waals surface area (Å²) in [6, 6.07) is -0.534. The summed E-state index contributed by atoms with van der Waals surface area (Å²) < 4.78 is 0. The molecule has 466 valence electrons. The lowest BCUT2D eigenvalue weighted by Crippen LogP contribution is -2.45. The molecule has 1 amide bonds. The van der Waals surface area contributed by atoms with Gasteiger partial charge in [-0.2, -0.15) is 0 Å². The lowest BCUT2D eigenvalue weighted by Gasteiger charge is -2.22. The Balaban J connectivity index is 3.35. The van der Waals surface area contributed by atoms with Gasteiger partial charge < -0.3 is 15.5 Å². The van der Waals surface area contributed by atoms with E-state index in [2.05, 4.69) is 31.3 Å². The van der Waals surface area contributed by atoms with E-state index in [-0.39, 0.29) is 12.5 Å². The highest BCUT2D eigenvalue weighted by molar-refractivity contribution is 5.76. The molecule has 0 radical (unpaired) electrons. The topological polar surface area (TPSA) is 69.6 Å². The molecule has 0 aromatic carbocycles. The number of carbonyl (C=O) groups is 1. The Hall–Kier alpha value is -0.870. The number of amides is 1. The Labute approximate surface area is 492 Å². The van der Waals surface area contributed by atoms with Crippen LogP contribution in [0, 0.1) is 0 Å². The van der Waals surface area contributed by atoms with Crippen LogP contribution in [0.15, 0.2) is 12.2 Å². The first-order valence-electron chi connectivity index (χ1n) is 36.9. The second kappa shape index (κ2) is 70.4. The monoisotopic (exact) mass is 1100 g/mol. The molecule has 78 heavy (non-hydrogen) atoms. The predicted molar refractivity (Wildman–Crippen MR) is 350 cm³/mol. The minimum absolute atomic E-state index is 0.0198. The average molecular weight is 1100 g/mol. The van der Waals surface area contributed by atoms with E-state index < -0.39 is 12.1 Å². The van der Waals surface area contributed by atoms with Gasteiger partial charge in [-0.25, -0.2) is 0 Å². The van der Waals surface area contributed by atoms with Crippen molar-refractivity contribution in [3.63, 3.8) is 0 Å². The van der Waals surface area contributed by atoms with Gasteiger partial charge in [0.1, 0.15) is 0 Å². The molecule has 0 aliphatic rings. The van der Waals surface area contributed by atoms with Gasteiger partial charge in [0.15, 0.2) is 0 Å². The van der Waals surface area contributed by atoms with Crippen molar-refractivity contribution in [2.24, 2.45) is 0 Å². The van der Waals surface area contributed by atoms with Crippen LogP contribution in [0.2, 0.25) is 0 Å². The zero-order valence-corrected chi connectivity index (χ0v) is 54.0. The summed E-state index contributed by atoms with van der Waals surface area (Å²) >= 11 is 0. The van der Waals surface area contributed by atoms with Crippen molar-refractivity contribution in [3.8, 4) is 0 Å². The maximum atomic E-state index is 12.6. The molecule has 0 aromatic rings. The van der Waals surface area contributed by atoms with Crippen molar-refractivity contribution >= 4 is 5.91 Å². The van der Waals surface area contributed by atoms with Crippen LogP contribution in [0.1, 0.15) is 438 Å². The molecule has 4 heteroatoms. The van der Waals surface area contributed by atoms with E-state index in [9.17, 15) is 15.0 Å². The number of rotatable bonds is 70. The minimum atomic E-state index is -0.658. The van der Waals surface area contributed by atoms with Crippen LogP contribution in [0.4, 0.5) is 0 Å². The number of aliphatic hydroxyl groups excluding tert-OH is 2. The van der Waals surface area contributed by atoms with Crippen molar-refractivity contribution in [3.05, 3.63) is 12.2 Å². The predicted octanol–water partition coefficient (Wildman–Crippen LogP) is 25.2. The molecule has 4 nitrogen and oxygen atoms in total. The van der Waals surface area contributed by atoms with Gasteiger partial charge >= 0.3 is 0 Å². The van der Waals surface area contributed by atoms with Crippen molar-refractivity contribution in [2.75, 3.05) is 6.61 Å². The van der Waals surface area contributed by atoms with Crippen LogP contribution >= 0.6 is 0 Å². The van der Waals surface area contributed by atoms with Crippen LogP contribution in [-0.4, -0.2) is 34.9 Å².